The molecule has 0 saturated heterocycles. The Bertz CT molecular complexity index is 1090. The van der Waals surface area contributed by atoms with Crippen LogP contribution in [0, 0.1) is 6.92 Å². The third-order valence-electron chi connectivity index (χ3n) is 4.27. The fourth-order valence-electron chi connectivity index (χ4n) is 2.92. The van der Waals surface area contributed by atoms with Gasteiger partial charge in [0.05, 0.1) is 24.3 Å². The van der Waals surface area contributed by atoms with Gasteiger partial charge in [-0.25, -0.2) is 15.0 Å². The van der Waals surface area contributed by atoms with Crippen LogP contribution in [-0.2, 0) is 17.8 Å². The van der Waals surface area contributed by atoms with E-state index < -0.39 is 0 Å². The van der Waals surface area contributed by atoms with E-state index in [0.717, 1.165) is 33.8 Å². The molecule has 0 spiro atoms. The van der Waals surface area contributed by atoms with E-state index in [9.17, 15) is 4.79 Å². The van der Waals surface area contributed by atoms with E-state index in [1.807, 2.05) is 37.4 Å². The summed E-state index contributed by atoms with van der Waals surface area (Å²) in [5.41, 5.74) is 5.25. The molecule has 4 aromatic heterocycles. The molecule has 0 amide bonds. The van der Waals surface area contributed by atoms with Gasteiger partial charge in [-0.2, -0.15) is 0 Å². The van der Waals surface area contributed by atoms with Crippen LogP contribution in [0.4, 0.5) is 0 Å². The van der Waals surface area contributed by atoms with Crippen LogP contribution in [0.25, 0.3) is 22.5 Å². The molecule has 0 aromatic carbocycles. The van der Waals surface area contributed by atoms with E-state index in [4.69, 9.17) is 0 Å². The van der Waals surface area contributed by atoms with Crippen LogP contribution in [-0.4, -0.2) is 35.3 Å². The van der Waals surface area contributed by atoms with Gasteiger partial charge in [0.1, 0.15) is 6.33 Å². The smallest absolute Gasteiger partial charge is 0.156 e. The average Bonchev–Trinajstić information content (AvgIpc) is 3.17. The highest BCUT2D eigenvalue weighted by molar-refractivity contribution is 5.80. The van der Waals surface area contributed by atoms with Crippen LogP contribution in [0.5, 0.6) is 0 Å². The van der Waals surface area contributed by atoms with Crippen molar-refractivity contribution < 1.29 is 4.79 Å². The second kappa shape index (κ2) is 7.87. The molecule has 0 radical (unpaired) electrons. The third kappa shape index (κ3) is 4.15. The van der Waals surface area contributed by atoms with Crippen molar-refractivity contribution in [3.63, 3.8) is 0 Å². The number of nitrogens with zero attached hydrogens (tertiary/aromatic N) is 6. The summed E-state index contributed by atoms with van der Waals surface area (Å²) in [6, 6.07) is 7.67. The van der Waals surface area contributed by atoms with Crippen molar-refractivity contribution in [3.05, 3.63) is 79.2 Å². The maximum Gasteiger partial charge on any atom is 0.156 e. The normalized spacial score (nSPS) is 10.8. The van der Waals surface area contributed by atoms with Gasteiger partial charge in [-0.05, 0) is 30.7 Å². The van der Waals surface area contributed by atoms with E-state index in [1.54, 1.807) is 35.7 Å². The molecule has 0 fully saturated rings. The number of Topliss-reactive ketones (excluding diaryl/α,β-unsaturated/α-hetero) is 1. The Morgan fingerprint density at radius 2 is 1.82 bits per heavy atom. The van der Waals surface area contributed by atoms with Gasteiger partial charge < -0.3 is 4.57 Å². The van der Waals surface area contributed by atoms with Crippen molar-refractivity contribution in [2.75, 3.05) is 0 Å². The zero-order valence-electron chi connectivity index (χ0n) is 15.4. The molecule has 0 bridgehead atoms. The Kier molecular flexibility index (Phi) is 4.97. The van der Waals surface area contributed by atoms with Crippen molar-refractivity contribution in [1.82, 2.24) is 29.5 Å². The number of ketones is 1. The molecule has 4 rings (SSSR count). The zero-order chi connectivity index (χ0) is 19.3. The van der Waals surface area contributed by atoms with Crippen molar-refractivity contribution in [2.24, 2.45) is 0 Å². The topological polar surface area (TPSA) is 86.5 Å². The first-order valence-corrected chi connectivity index (χ1v) is 8.84. The Hall–Kier alpha value is -3.74. The molecule has 138 valence electrons. The molecule has 7 heteroatoms. The minimum absolute atomic E-state index is 0.0902. The van der Waals surface area contributed by atoms with Gasteiger partial charge in [-0.3, -0.25) is 14.8 Å². The van der Waals surface area contributed by atoms with Crippen molar-refractivity contribution >= 4 is 5.78 Å². The highest BCUT2D eigenvalue weighted by Crippen LogP contribution is 2.17. The summed E-state index contributed by atoms with van der Waals surface area (Å²) < 4.78 is 1.80. The van der Waals surface area contributed by atoms with E-state index in [1.165, 1.54) is 6.33 Å². The first-order chi connectivity index (χ1) is 13.7. The standard InChI is InChI=1S/C21H18N6O/c1-15-6-17(4-5-24-15)21-12-27(14-26-21)11-19(28)7-16-2-3-20(25-8-16)18-9-22-13-23-10-18/h2-6,8-10,12-14H,7,11H2,1H3. The lowest BCUT2D eigenvalue weighted by Gasteiger charge is -2.04. The highest BCUT2D eigenvalue weighted by atomic mass is 16.1. The second-order valence-corrected chi connectivity index (χ2v) is 6.51. The average molecular weight is 370 g/mol. The molecule has 0 saturated carbocycles. The second-order valence-electron chi connectivity index (χ2n) is 6.51. The van der Waals surface area contributed by atoms with E-state index in [-0.39, 0.29) is 12.3 Å². The van der Waals surface area contributed by atoms with Gasteiger partial charge in [-0.15, -0.1) is 0 Å². The van der Waals surface area contributed by atoms with Gasteiger partial charge in [0.25, 0.3) is 0 Å². The number of aryl methyl sites for hydroxylation is 1. The SMILES string of the molecule is Cc1cc(-c2cn(CC(=O)Cc3ccc(-c4cncnc4)nc3)cn2)ccn1. The minimum atomic E-state index is 0.0902. The van der Waals surface area contributed by atoms with Gasteiger partial charge in [-0.1, -0.05) is 6.07 Å². The Balaban J connectivity index is 1.39. The number of aromatic nitrogens is 6. The summed E-state index contributed by atoms with van der Waals surface area (Å²) in [5, 5.41) is 0. The van der Waals surface area contributed by atoms with Crippen LogP contribution in [0.15, 0.2) is 67.9 Å². The number of hydrogen-bond acceptors (Lipinski definition) is 6. The van der Waals surface area contributed by atoms with E-state index in [2.05, 4.69) is 24.9 Å². The molecule has 0 aliphatic heterocycles. The molecule has 7 nitrogen and oxygen atoms in total. The molecule has 0 N–H and O–H groups in total. The van der Waals surface area contributed by atoms with Crippen LogP contribution in [0.1, 0.15) is 11.3 Å². The summed E-state index contributed by atoms with van der Waals surface area (Å²) in [5.74, 6) is 0.0902. The molecule has 0 unspecified atom stereocenters. The molecule has 0 atom stereocenters. The van der Waals surface area contributed by atoms with Gasteiger partial charge in [0.2, 0.25) is 0 Å². The molecule has 28 heavy (non-hydrogen) atoms. The molecule has 4 aromatic rings. The van der Waals surface area contributed by atoms with Crippen molar-refractivity contribution in [3.8, 4) is 22.5 Å². The summed E-state index contributed by atoms with van der Waals surface area (Å²) in [7, 11) is 0. The zero-order valence-corrected chi connectivity index (χ0v) is 15.4. The predicted octanol–water partition coefficient (Wildman–Crippen LogP) is 2.92. The van der Waals surface area contributed by atoms with Crippen LogP contribution >= 0.6 is 0 Å². The lowest BCUT2D eigenvalue weighted by molar-refractivity contribution is -0.119. The molecule has 4 heterocycles. The summed E-state index contributed by atoms with van der Waals surface area (Å²) in [4.78, 5) is 33.4. The molecule has 0 aliphatic carbocycles. The fraction of sp³-hybridized carbons (Fsp3) is 0.143. The highest BCUT2D eigenvalue weighted by Gasteiger charge is 2.09. The predicted molar refractivity (Wildman–Crippen MR) is 104 cm³/mol. The fourth-order valence-corrected chi connectivity index (χ4v) is 2.92. The Morgan fingerprint density at radius 3 is 2.57 bits per heavy atom. The van der Waals surface area contributed by atoms with Crippen molar-refractivity contribution in [2.45, 2.75) is 19.9 Å². The molecular formula is C21H18N6O. The summed E-state index contributed by atoms with van der Waals surface area (Å²) in [6.07, 6.45) is 12.3. The lowest BCUT2D eigenvalue weighted by atomic mass is 10.1. The number of hydrogen-bond donors (Lipinski definition) is 0. The number of rotatable bonds is 6. The summed E-state index contributed by atoms with van der Waals surface area (Å²) >= 11 is 0. The minimum Gasteiger partial charge on any atom is -0.329 e. The van der Waals surface area contributed by atoms with Gasteiger partial charge in [0.15, 0.2) is 5.78 Å². The number of carbonyl (C=O) groups excluding carboxylic acids is 1. The third-order valence-corrected chi connectivity index (χ3v) is 4.27. The number of carbonyl (C=O) groups is 1. The molecule has 0 aliphatic rings. The number of imidazole rings is 1. The monoisotopic (exact) mass is 370 g/mol. The maximum absolute atomic E-state index is 12.4. The first-order valence-electron chi connectivity index (χ1n) is 8.84. The molecular weight excluding hydrogens is 352 g/mol. The van der Waals surface area contributed by atoms with Gasteiger partial charge >= 0.3 is 0 Å². The van der Waals surface area contributed by atoms with Crippen LogP contribution in [0.3, 0.4) is 0 Å². The quantitative estimate of drug-likeness (QED) is 0.519. The van der Waals surface area contributed by atoms with E-state index >= 15 is 0 Å². The summed E-state index contributed by atoms with van der Waals surface area (Å²) in [6.45, 7) is 2.21. The van der Waals surface area contributed by atoms with Crippen LogP contribution in [0.2, 0.25) is 0 Å². The Morgan fingerprint density at radius 1 is 0.964 bits per heavy atom. The van der Waals surface area contributed by atoms with Crippen LogP contribution < -0.4 is 0 Å². The van der Waals surface area contributed by atoms with E-state index in [0.29, 0.717) is 6.42 Å². The largest absolute Gasteiger partial charge is 0.329 e. The van der Waals surface area contributed by atoms with Gasteiger partial charge in [0, 0.05) is 54.2 Å². The van der Waals surface area contributed by atoms with Crippen molar-refractivity contribution in [1.29, 1.82) is 0 Å². The maximum atomic E-state index is 12.4. The lowest BCUT2D eigenvalue weighted by Crippen LogP contribution is -2.11. The Labute approximate surface area is 162 Å². The number of pyridine rings is 2. The first kappa shape index (κ1) is 17.7.